The molecule has 0 radical (unpaired) electrons. The van der Waals surface area contributed by atoms with Crippen molar-refractivity contribution < 1.29 is 22.7 Å². The number of hydrogen-bond acceptors (Lipinski definition) is 4. The van der Waals surface area contributed by atoms with E-state index in [1.54, 1.807) is 4.90 Å². The summed E-state index contributed by atoms with van der Waals surface area (Å²) in [5, 5.41) is 8.68. The van der Waals surface area contributed by atoms with Crippen LogP contribution in [0, 0.1) is 0 Å². The average Bonchev–Trinajstić information content (AvgIpc) is 2.14. The molecular formula is C9H16FNO4S. The molecule has 0 amide bonds. The largest absolute Gasteiger partial charge is 0.481 e. The fraction of sp³-hybridized carbons (Fsp3) is 0.889. The van der Waals surface area contributed by atoms with Gasteiger partial charge < -0.3 is 5.11 Å². The lowest BCUT2D eigenvalue weighted by Crippen LogP contribution is -2.49. The van der Waals surface area contributed by atoms with Gasteiger partial charge in [0, 0.05) is 19.1 Å². The van der Waals surface area contributed by atoms with Gasteiger partial charge in [-0.2, -0.15) is 0 Å². The second kappa shape index (κ2) is 5.58. The highest BCUT2D eigenvalue weighted by molar-refractivity contribution is 7.91. The van der Waals surface area contributed by atoms with Crippen molar-refractivity contribution in [2.45, 2.75) is 18.9 Å². The zero-order valence-corrected chi connectivity index (χ0v) is 9.75. The van der Waals surface area contributed by atoms with Crippen LogP contribution in [0.5, 0.6) is 0 Å². The number of aliphatic carboxylic acids is 1. The molecule has 0 bridgehead atoms. The van der Waals surface area contributed by atoms with Gasteiger partial charge in [0.05, 0.1) is 24.6 Å². The smallest absolute Gasteiger partial charge is 0.304 e. The fourth-order valence-corrected chi connectivity index (χ4v) is 3.46. The molecule has 0 aliphatic carbocycles. The van der Waals surface area contributed by atoms with Crippen molar-refractivity contribution in [3.05, 3.63) is 0 Å². The summed E-state index contributed by atoms with van der Waals surface area (Å²) in [4.78, 5) is 12.4. The molecule has 94 valence electrons. The van der Waals surface area contributed by atoms with Gasteiger partial charge in [-0.1, -0.05) is 0 Å². The number of rotatable bonds is 5. The molecule has 5 nitrogen and oxygen atoms in total. The van der Waals surface area contributed by atoms with Crippen LogP contribution in [0.1, 0.15) is 12.8 Å². The quantitative estimate of drug-likeness (QED) is 0.741. The van der Waals surface area contributed by atoms with Gasteiger partial charge in [0.15, 0.2) is 9.84 Å². The summed E-state index contributed by atoms with van der Waals surface area (Å²) in [5.74, 6) is -1.12. The van der Waals surface area contributed by atoms with E-state index < -0.39 is 28.5 Å². The van der Waals surface area contributed by atoms with Crippen LogP contribution >= 0.6 is 0 Å². The van der Waals surface area contributed by atoms with Gasteiger partial charge in [-0.25, -0.2) is 8.42 Å². The molecule has 1 saturated heterocycles. The van der Waals surface area contributed by atoms with Gasteiger partial charge in [-0.05, 0) is 6.42 Å². The summed E-state index contributed by atoms with van der Waals surface area (Å²) in [5.41, 5.74) is 0. The van der Waals surface area contributed by atoms with Crippen molar-refractivity contribution in [3.63, 3.8) is 0 Å². The summed E-state index contributed by atoms with van der Waals surface area (Å²) in [6, 6.07) is -0.511. The lowest BCUT2D eigenvalue weighted by Gasteiger charge is -2.34. The molecule has 7 heteroatoms. The molecule has 1 aliphatic heterocycles. The van der Waals surface area contributed by atoms with Crippen molar-refractivity contribution in [1.29, 1.82) is 0 Å². The maximum Gasteiger partial charge on any atom is 0.304 e. The lowest BCUT2D eigenvalue weighted by molar-refractivity contribution is -0.138. The van der Waals surface area contributed by atoms with Crippen molar-refractivity contribution in [1.82, 2.24) is 4.90 Å². The van der Waals surface area contributed by atoms with Crippen molar-refractivity contribution >= 4 is 15.8 Å². The minimum absolute atomic E-state index is 0.0371. The van der Waals surface area contributed by atoms with Crippen LogP contribution in [0.15, 0.2) is 0 Å². The third-order valence-electron chi connectivity index (χ3n) is 2.64. The molecule has 0 aromatic rings. The minimum atomic E-state index is -3.13. The topological polar surface area (TPSA) is 74.7 Å². The molecular weight excluding hydrogens is 237 g/mol. The van der Waals surface area contributed by atoms with Crippen LogP contribution in [-0.4, -0.2) is 61.7 Å². The van der Waals surface area contributed by atoms with E-state index in [-0.39, 0.29) is 17.9 Å². The Morgan fingerprint density at radius 3 is 2.75 bits per heavy atom. The second-order valence-electron chi connectivity index (χ2n) is 3.94. The van der Waals surface area contributed by atoms with Gasteiger partial charge in [0.25, 0.3) is 0 Å². The Balaban J connectivity index is 2.64. The molecule has 1 unspecified atom stereocenters. The number of carbonyl (C=O) groups is 1. The van der Waals surface area contributed by atoms with E-state index in [2.05, 4.69) is 0 Å². The summed E-state index contributed by atoms with van der Waals surface area (Å²) in [7, 11) is -3.13. The highest BCUT2D eigenvalue weighted by atomic mass is 32.2. The highest BCUT2D eigenvalue weighted by Gasteiger charge is 2.32. The molecule has 1 atom stereocenters. The van der Waals surface area contributed by atoms with E-state index in [0.717, 1.165) is 0 Å². The van der Waals surface area contributed by atoms with Crippen LogP contribution in [0.25, 0.3) is 0 Å². The first kappa shape index (κ1) is 13.4. The molecule has 1 aliphatic rings. The van der Waals surface area contributed by atoms with Gasteiger partial charge in [-0.3, -0.25) is 14.1 Å². The molecule has 1 rings (SSSR count). The molecule has 1 fully saturated rings. The Bertz CT molecular complexity index is 343. The Labute approximate surface area is 94.2 Å². The van der Waals surface area contributed by atoms with Crippen molar-refractivity contribution in [3.8, 4) is 0 Å². The Kier molecular flexibility index (Phi) is 4.67. The molecule has 16 heavy (non-hydrogen) atoms. The number of halogens is 1. The number of carboxylic acid groups (broad SMARTS) is 1. The molecule has 0 saturated carbocycles. The van der Waals surface area contributed by atoms with Crippen LogP contribution < -0.4 is 0 Å². The Morgan fingerprint density at radius 2 is 2.19 bits per heavy atom. The van der Waals surface area contributed by atoms with Crippen molar-refractivity contribution in [2.24, 2.45) is 0 Å². The molecule has 0 aromatic carbocycles. The first-order valence-corrected chi connectivity index (χ1v) is 6.99. The summed E-state index contributed by atoms with van der Waals surface area (Å²) in [6.07, 6.45) is 0.113. The summed E-state index contributed by atoms with van der Waals surface area (Å²) in [6.45, 7) is 0.257. The third-order valence-corrected chi connectivity index (χ3v) is 4.34. The first-order chi connectivity index (χ1) is 7.44. The second-order valence-corrected chi connectivity index (χ2v) is 6.17. The summed E-state index contributed by atoms with van der Waals surface area (Å²) >= 11 is 0. The van der Waals surface area contributed by atoms with Gasteiger partial charge in [-0.15, -0.1) is 0 Å². The van der Waals surface area contributed by atoms with Gasteiger partial charge in [0.1, 0.15) is 0 Å². The highest BCUT2D eigenvalue weighted by Crippen LogP contribution is 2.15. The third kappa shape index (κ3) is 4.05. The SMILES string of the molecule is O=C(O)CC1CS(=O)(=O)CCN1CCCF. The molecule has 0 spiro atoms. The number of hydrogen-bond donors (Lipinski definition) is 1. The van der Waals surface area contributed by atoms with Crippen LogP contribution in [-0.2, 0) is 14.6 Å². The predicted molar refractivity (Wildman–Crippen MR) is 56.9 cm³/mol. The van der Waals surface area contributed by atoms with Crippen LogP contribution in [0.4, 0.5) is 4.39 Å². The Hall–Kier alpha value is -0.690. The number of alkyl halides is 1. The molecule has 1 heterocycles. The lowest BCUT2D eigenvalue weighted by atomic mass is 10.2. The summed E-state index contributed by atoms with van der Waals surface area (Å²) < 4.78 is 34.8. The van der Waals surface area contributed by atoms with E-state index in [9.17, 15) is 17.6 Å². The van der Waals surface area contributed by atoms with E-state index in [1.165, 1.54) is 0 Å². The monoisotopic (exact) mass is 253 g/mol. The maximum absolute atomic E-state index is 12.0. The standard InChI is InChI=1S/C9H16FNO4S/c10-2-1-3-11-4-5-16(14,15)7-8(11)6-9(12)13/h8H,1-7H2,(H,12,13). The van der Waals surface area contributed by atoms with Gasteiger partial charge >= 0.3 is 5.97 Å². The number of nitrogens with zero attached hydrogens (tertiary/aromatic N) is 1. The molecule has 1 N–H and O–H groups in total. The number of sulfone groups is 1. The van der Waals surface area contributed by atoms with E-state index in [1.807, 2.05) is 0 Å². The van der Waals surface area contributed by atoms with Crippen molar-refractivity contribution in [2.75, 3.05) is 31.3 Å². The predicted octanol–water partition coefficient (Wildman–Crippen LogP) is -0.0803. The Morgan fingerprint density at radius 1 is 1.50 bits per heavy atom. The zero-order valence-electron chi connectivity index (χ0n) is 8.93. The fourth-order valence-electron chi connectivity index (χ4n) is 1.87. The van der Waals surface area contributed by atoms with E-state index in [4.69, 9.17) is 5.11 Å². The zero-order chi connectivity index (χ0) is 12.2. The van der Waals surface area contributed by atoms with Crippen LogP contribution in [0.3, 0.4) is 0 Å². The van der Waals surface area contributed by atoms with Crippen LogP contribution in [0.2, 0.25) is 0 Å². The first-order valence-electron chi connectivity index (χ1n) is 5.17. The molecule has 0 aromatic heterocycles. The van der Waals surface area contributed by atoms with Gasteiger partial charge in [0.2, 0.25) is 0 Å². The minimum Gasteiger partial charge on any atom is -0.481 e. The maximum atomic E-state index is 12.0. The number of carboxylic acids is 1. The average molecular weight is 253 g/mol. The van der Waals surface area contributed by atoms with E-state index >= 15 is 0 Å². The van der Waals surface area contributed by atoms with E-state index in [0.29, 0.717) is 19.5 Å². The normalized spacial score (nSPS) is 25.4.